The molecule has 0 fully saturated rings. The Kier molecular flexibility index (Phi) is 3.81. The number of rotatable bonds is 4. The molecule has 0 N–H and O–H groups in total. The van der Waals surface area contributed by atoms with E-state index in [4.69, 9.17) is 16.3 Å². The maximum atomic E-state index is 5.94. The summed E-state index contributed by atoms with van der Waals surface area (Å²) in [5, 5.41) is 1.34. The highest BCUT2D eigenvalue weighted by molar-refractivity contribution is 7.18. The average molecular weight is 272 g/mol. The van der Waals surface area contributed by atoms with Crippen LogP contribution in [-0.2, 0) is 4.74 Å². The van der Waals surface area contributed by atoms with Crippen molar-refractivity contribution >= 4 is 39.0 Å². The number of aryl methyl sites for hydroxylation is 1. The molecule has 0 aliphatic carbocycles. The van der Waals surface area contributed by atoms with Crippen molar-refractivity contribution in [3.8, 4) is 0 Å². The van der Waals surface area contributed by atoms with Gasteiger partial charge in [-0.15, -0.1) is 11.3 Å². The fourth-order valence-corrected chi connectivity index (χ4v) is 2.72. The number of anilines is 1. The van der Waals surface area contributed by atoms with E-state index in [-0.39, 0.29) is 0 Å². The minimum absolute atomic E-state index is 0.290. The van der Waals surface area contributed by atoms with Crippen molar-refractivity contribution in [2.75, 3.05) is 32.2 Å². The second kappa shape index (κ2) is 5.16. The largest absolute Gasteiger partial charge is 0.383 e. The summed E-state index contributed by atoms with van der Waals surface area (Å²) in [5.74, 6) is 0.862. The van der Waals surface area contributed by atoms with Gasteiger partial charge < -0.3 is 9.64 Å². The first-order chi connectivity index (χ1) is 8.11. The van der Waals surface area contributed by atoms with E-state index in [2.05, 4.69) is 23.0 Å². The molecular formula is C11H14ClN3OS. The topological polar surface area (TPSA) is 38.2 Å². The maximum Gasteiger partial charge on any atom is 0.225 e. The zero-order valence-corrected chi connectivity index (χ0v) is 11.6. The number of aromatic nitrogens is 2. The van der Waals surface area contributed by atoms with Gasteiger partial charge in [0.1, 0.15) is 10.6 Å². The summed E-state index contributed by atoms with van der Waals surface area (Å²) in [6.45, 7) is 3.48. The number of nitrogens with zero attached hydrogens (tertiary/aromatic N) is 3. The van der Waals surface area contributed by atoms with Crippen molar-refractivity contribution in [3.63, 3.8) is 0 Å². The van der Waals surface area contributed by atoms with E-state index >= 15 is 0 Å². The van der Waals surface area contributed by atoms with Crippen LogP contribution in [0.1, 0.15) is 4.88 Å². The molecule has 0 unspecified atom stereocenters. The van der Waals surface area contributed by atoms with E-state index in [1.807, 2.05) is 11.9 Å². The van der Waals surface area contributed by atoms with E-state index in [0.717, 1.165) is 22.6 Å². The van der Waals surface area contributed by atoms with Crippen LogP contribution >= 0.6 is 22.9 Å². The molecule has 2 aromatic heterocycles. The lowest BCUT2D eigenvalue weighted by Gasteiger charge is -2.18. The second-order valence-corrected chi connectivity index (χ2v) is 5.38. The highest BCUT2D eigenvalue weighted by Gasteiger charge is 2.12. The van der Waals surface area contributed by atoms with E-state index in [9.17, 15) is 0 Å². The summed E-state index contributed by atoms with van der Waals surface area (Å²) in [6.07, 6.45) is 0. The van der Waals surface area contributed by atoms with Crippen molar-refractivity contribution in [3.05, 3.63) is 16.2 Å². The molecule has 0 spiro atoms. The van der Waals surface area contributed by atoms with E-state index < -0.39 is 0 Å². The molecule has 0 saturated carbocycles. The Morgan fingerprint density at radius 2 is 2.24 bits per heavy atom. The molecule has 0 amide bonds. The molecule has 0 aliphatic rings. The zero-order valence-electron chi connectivity index (χ0n) is 10.0. The number of hydrogen-bond donors (Lipinski definition) is 0. The molecule has 0 atom stereocenters. The summed E-state index contributed by atoms with van der Waals surface area (Å²) in [5.41, 5.74) is 0. The van der Waals surface area contributed by atoms with Gasteiger partial charge in [0.05, 0.1) is 12.0 Å². The fourth-order valence-electron chi connectivity index (χ4n) is 1.63. The van der Waals surface area contributed by atoms with Gasteiger partial charge >= 0.3 is 0 Å². The van der Waals surface area contributed by atoms with E-state index in [0.29, 0.717) is 11.9 Å². The number of thiophene rings is 1. The molecule has 2 heterocycles. The second-order valence-electron chi connectivity index (χ2n) is 3.81. The van der Waals surface area contributed by atoms with E-state index in [1.165, 1.54) is 4.88 Å². The van der Waals surface area contributed by atoms with Gasteiger partial charge in [0.15, 0.2) is 0 Å². The molecular weight excluding hydrogens is 258 g/mol. The van der Waals surface area contributed by atoms with Gasteiger partial charge in [-0.2, -0.15) is 4.98 Å². The molecule has 4 nitrogen and oxygen atoms in total. The van der Waals surface area contributed by atoms with Gasteiger partial charge in [0.2, 0.25) is 5.28 Å². The first kappa shape index (κ1) is 12.5. The molecule has 0 aliphatic heterocycles. The molecule has 6 heteroatoms. The van der Waals surface area contributed by atoms with Crippen LogP contribution in [-0.4, -0.2) is 37.3 Å². The Labute approximate surface area is 109 Å². The van der Waals surface area contributed by atoms with Crippen LogP contribution in [0.25, 0.3) is 10.2 Å². The number of halogens is 1. The molecule has 2 rings (SSSR count). The van der Waals surface area contributed by atoms with Crippen LogP contribution in [0.4, 0.5) is 5.82 Å². The number of fused-ring (bicyclic) bond motifs is 1. The summed E-state index contributed by atoms with van der Waals surface area (Å²) in [6, 6.07) is 2.09. The third-order valence-electron chi connectivity index (χ3n) is 2.46. The smallest absolute Gasteiger partial charge is 0.225 e. The molecule has 0 saturated heterocycles. The Morgan fingerprint density at radius 1 is 1.47 bits per heavy atom. The molecule has 17 heavy (non-hydrogen) atoms. The van der Waals surface area contributed by atoms with Crippen LogP contribution in [0, 0.1) is 6.92 Å². The van der Waals surface area contributed by atoms with Crippen LogP contribution in [0.3, 0.4) is 0 Å². The number of methoxy groups -OCH3 is 1. The van der Waals surface area contributed by atoms with Gasteiger partial charge in [-0.05, 0) is 24.6 Å². The predicted octanol–water partition coefficient (Wildman–Crippen LogP) is 2.74. The van der Waals surface area contributed by atoms with Crippen molar-refractivity contribution in [2.24, 2.45) is 0 Å². The molecule has 0 aromatic carbocycles. The van der Waals surface area contributed by atoms with Crippen molar-refractivity contribution < 1.29 is 4.74 Å². The number of hydrogen-bond acceptors (Lipinski definition) is 5. The van der Waals surface area contributed by atoms with E-state index in [1.54, 1.807) is 18.4 Å². The molecule has 0 bridgehead atoms. The molecule has 2 aromatic rings. The lowest BCUT2D eigenvalue weighted by Crippen LogP contribution is -2.23. The third-order valence-corrected chi connectivity index (χ3v) is 3.57. The third kappa shape index (κ3) is 2.68. The number of ether oxygens (including phenoxy) is 1. The van der Waals surface area contributed by atoms with Gasteiger partial charge in [-0.3, -0.25) is 0 Å². The van der Waals surface area contributed by atoms with Crippen LogP contribution in [0.5, 0.6) is 0 Å². The Morgan fingerprint density at radius 3 is 2.94 bits per heavy atom. The lowest BCUT2D eigenvalue weighted by atomic mass is 10.3. The average Bonchev–Trinajstić information content (AvgIpc) is 2.64. The maximum absolute atomic E-state index is 5.94. The van der Waals surface area contributed by atoms with Gasteiger partial charge in [-0.25, -0.2) is 4.98 Å². The minimum atomic E-state index is 0.290. The predicted molar refractivity (Wildman–Crippen MR) is 72.3 cm³/mol. The summed E-state index contributed by atoms with van der Waals surface area (Å²) < 4.78 is 5.07. The highest BCUT2D eigenvalue weighted by atomic mass is 35.5. The van der Waals surface area contributed by atoms with Crippen LogP contribution in [0.2, 0.25) is 5.28 Å². The van der Waals surface area contributed by atoms with Crippen molar-refractivity contribution in [1.82, 2.24) is 9.97 Å². The summed E-state index contributed by atoms with van der Waals surface area (Å²) in [7, 11) is 3.66. The van der Waals surface area contributed by atoms with Crippen LogP contribution < -0.4 is 4.90 Å². The van der Waals surface area contributed by atoms with Gasteiger partial charge in [0, 0.05) is 25.6 Å². The van der Waals surface area contributed by atoms with Crippen molar-refractivity contribution in [2.45, 2.75) is 6.92 Å². The molecule has 92 valence electrons. The number of likely N-dealkylation sites (N-methyl/N-ethyl adjacent to an activating group) is 1. The van der Waals surface area contributed by atoms with Gasteiger partial charge in [-0.1, -0.05) is 0 Å². The van der Waals surface area contributed by atoms with Gasteiger partial charge in [0.25, 0.3) is 0 Å². The summed E-state index contributed by atoms with van der Waals surface area (Å²) in [4.78, 5) is 12.7. The first-order valence-electron chi connectivity index (χ1n) is 5.25. The first-order valence-corrected chi connectivity index (χ1v) is 6.45. The van der Waals surface area contributed by atoms with Crippen LogP contribution in [0.15, 0.2) is 6.07 Å². The Hall–Kier alpha value is -0.910. The highest BCUT2D eigenvalue weighted by Crippen LogP contribution is 2.30. The standard InChI is InChI=1S/C11H14ClN3OS/c1-7-6-8-9(15(2)4-5-16-3)13-11(12)14-10(8)17-7/h6H,4-5H2,1-3H3. The normalized spacial score (nSPS) is 11.1. The Balaban J connectivity index is 2.43. The minimum Gasteiger partial charge on any atom is -0.383 e. The Bertz CT molecular complexity index is 529. The lowest BCUT2D eigenvalue weighted by molar-refractivity contribution is 0.206. The fraction of sp³-hybridized carbons (Fsp3) is 0.455. The SMILES string of the molecule is COCCN(C)c1nc(Cl)nc2sc(C)cc12. The quantitative estimate of drug-likeness (QED) is 0.802. The van der Waals surface area contributed by atoms with Crippen molar-refractivity contribution in [1.29, 1.82) is 0 Å². The molecule has 0 radical (unpaired) electrons. The summed E-state index contributed by atoms with van der Waals surface area (Å²) >= 11 is 7.57. The zero-order chi connectivity index (χ0) is 12.4. The monoisotopic (exact) mass is 271 g/mol.